The number of hydrazine groups is 1. The highest BCUT2D eigenvalue weighted by molar-refractivity contribution is 7.88. The van der Waals surface area contributed by atoms with E-state index in [9.17, 15) is 31.2 Å². The molecule has 1 aliphatic heterocycles. The number of thiazole rings is 1. The number of carbonyl (C=O) groups is 3. The standard InChI is InChI=1S/C14H21N7O9S3/c1-6-8(11(23)21(6)33(27,28)29)17-10(22)9(7-5-31-13(15)16-7)19-30-14(2,3)12(24)18-20-32(4,25)26/h5-6,8,20H,1-4H3,(H2,15,16)(H,17,22)(H,18,24)(H,27,28,29)/t6-,8-/m0/s1. The van der Waals surface area contributed by atoms with Crippen LogP contribution in [0.15, 0.2) is 10.5 Å². The summed E-state index contributed by atoms with van der Waals surface area (Å²) in [6.07, 6.45) is 0.806. The number of hydrogen-bond acceptors (Lipinski definition) is 12. The predicted molar refractivity (Wildman–Crippen MR) is 114 cm³/mol. The Labute approximate surface area is 192 Å². The zero-order valence-electron chi connectivity index (χ0n) is 17.6. The maximum absolute atomic E-state index is 12.8. The molecule has 6 N–H and O–H groups in total. The van der Waals surface area contributed by atoms with Crippen LogP contribution in [0.5, 0.6) is 0 Å². The minimum absolute atomic E-state index is 0.0606. The van der Waals surface area contributed by atoms with Gasteiger partial charge in [-0.25, -0.2) is 17.7 Å². The molecule has 19 heteroatoms. The Kier molecular flexibility index (Phi) is 7.33. The average molecular weight is 528 g/mol. The average Bonchev–Trinajstić information content (AvgIpc) is 3.08. The summed E-state index contributed by atoms with van der Waals surface area (Å²) < 4.78 is 53.9. The van der Waals surface area contributed by atoms with Gasteiger partial charge in [-0.15, -0.1) is 16.2 Å². The first-order valence-electron chi connectivity index (χ1n) is 8.80. The van der Waals surface area contributed by atoms with E-state index in [0.717, 1.165) is 17.6 Å². The molecule has 1 aromatic rings. The van der Waals surface area contributed by atoms with E-state index in [1.54, 1.807) is 4.83 Å². The Balaban J connectivity index is 2.23. The molecule has 1 aliphatic rings. The number of nitrogens with zero attached hydrogens (tertiary/aromatic N) is 3. The number of sulfonamides is 1. The number of nitrogen functional groups attached to an aromatic ring is 1. The molecule has 0 spiro atoms. The van der Waals surface area contributed by atoms with Gasteiger partial charge in [-0.3, -0.25) is 24.4 Å². The number of oxime groups is 1. The number of amides is 3. The molecule has 16 nitrogen and oxygen atoms in total. The Morgan fingerprint density at radius 2 is 1.94 bits per heavy atom. The number of nitrogens with two attached hydrogens (primary N) is 1. The normalized spacial score (nSPS) is 19.6. The molecule has 0 unspecified atom stereocenters. The van der Waals surface area contributed by atoms with E-state index in [1.165, 1.54) is 26.2 Å². The molecule has 1 saturated heterocycles. The molecule has 1 fully saturated rings. The topological polar surface area (TPSA) is 240 Å². The van der Waals surface area contributed by atoms with Crippen molar-refractivity contribution in [2.45, 2.75) is 38.5 Å². The monoisotopic (exact) mass is 527 g/mol. The number of β-lactam (4-membered cyclic amide) rings is 1. The van der Waals surface area contributed by atoms with Crippen LogP contribution in [0.3, 0.4) is 0 Å². The zero-order valence-corrected chi connectivity index (χ0v) is 20.0. The molecular formula is C14H21N7O9S3. The first kappa shape index (κ1) is 26.4. The van der Waals surface area contributed by atoms with Crippen LogP contribution in [0, 0.1) is 0 Å². The van der Waals surface area contributed by atoms with E-state index in [2.05, 4.69) is 15.5 Å². The summed E-state index contributed by atoms with van der Waals surface area (Å²) in [4.78, 5) is 47.8. The molecule has 2 rings (SSSR count). The number of carbonyl (C=O) groups excluding carboxylic acids is 3. The Hall–Kier alpha value is -2.87. The first-order valence-corrected chi connectivity index (χ1v) is 13.0. The van der Waals surface area contributed by atoms with Crippen molar-refractivity contribution in [3.8, 4) is 0 Å². The summed E-state index contributed by atoms with van der Waals surface area (Å²) in [7, 11) is -8.56. The third kappa shape index (κ3) is 6.35. The van der Waals surface area contributed by atoms with E-state index in [1.807, 2.05) is 5.43 Å². The van der Waals surface area contributed by atoms with Crippen molar-refractivity contribution in [3.63, 3.8) is 0 Å². The summed E-state index contributed by atoms with van der Waals surface area (Å²) in [5.41, 5.74) is 5.10. The molecular weight excluding hydrogens is 506 g/mol. The maximum atomic E-state index is 12.8. The van der Waals surface area contributed by atoms with Gasteiger partial charge in [-0.1, -0.05) is 5.16 Å². The van der Waals surface area contributed by atoms with Crippen LogP contribution in [-0.2, 0) is 39.5 Å². The fraction of sp³-hybridized carbons (Fsp3) is 0.500. The molecule has 184 valence electrons. The summed E-state index contributed by atoms with van der Waals surface area (Å²) in [5.74, 6) is -3.06. The van der Waals surface area contributed by atoms with Crippen LogP contribution in [0.4, 0.5) is 5.13 Å². The predicted octanol–water partition coefficient (Wildman–Crippen LogP) is -2.68. The van der Waals surface area contributed by atoms with Crippen LogP contribution in [0.25, 0.3) is 0 Å². The molecule has 3 amide bonds. The highest BCUT2D eigenvalue weighted by atomic mass is 32.2. The van der Waals surface area contributed by atoms with Gasteiger partial charge in [-0.05, 0) is 20.8 Å². The Morgan fingerprint density at radius 3 is 2.39 bits per heavy atom. The van der Waals surface area contributed by atoms with Gasteiger partial charge < -0.3 is 15.9 Å². The van der Waals surface area contributed by atoms with Gasteiger partial charge in [0.15, 0.2) is 10.8 Å². The first-order chi connectivity index (χ1) is 14.9. The number of hydrogen-bond donors (Lipinski definition) is 5. The van der Waals surface area contributed by atoms with Gasteiger partial charge in [-0.2, -0.15) is 8.42 Å². The third-order valence-corrected chi connectivity index (χ3v) is 6.27. The minimum atomic E-state index is -4.80. The molecule has 0 aliphatic carbocycles. The van der Waals surface area contributed by atoms with Gasteiger partial charge >= 0.3 is 10.3 Å². The highest BCUT2D eigenvalue weighted by Gasteiger charge is 2.51. The lowest BCUT2D eigenvalue weighted by molar-refractivity contribution is -0.144. The number of anilines is 1. The van der Waals surface area contributed by atoms with Gasteiger partial charge in [0.1, 0.15) is 11.7 Å². The van der Waals surface area contributed by atoms with Crippen molar-refractivity contribution in [1.29, 1.82) is 0 Å². The Bertz CT molecular complexity index is 1210. The lowest BCUT2D eigenvalue weighted by Gasteiger charge is -2.42. The van der Waals surface area contributed by atoms with Gasteiger partial charge in [0.05, 0.1) is 12.3 Å². The van der Waals surface area contributed by atoms with Crippen molar-refractivity contribution in [2.24, 2.45) is 5.16 Å². The van der Waals surface area contributed by atoms with Crippen molar-refractivity contribution in [3.05, 3.63) is 11.1 Å². The fourth-order valence-electron chi connectivity index (χ4n) is 2.40. The van der Waals surface area contributed by atoms with E-state index in [0.29, 0.717) is 0 Å². The van der Waals surface area contributed by atoms with Gasteiger partial charge in [0.2, 0.25) is 15.6 Å². The van der Waals surface area contributed by atoms with Gasteiger partial charge in [0, 0.05) is 5.38 Å². The molecule has 0 radical (unpaired) electrons. The largest absolute Gasteiger partial charge is 0.379 e. The van der Waals surface area contributed by atoms with Gasteiger partial charge in [0.25, 0.3) is 17.7 Å². The van der Waals surface area contributed by atoms with Crippen molar-refractivity contribution < 1.29 is 40.6 Å². The zero-order chi connectivity index (χ0) is 25.4. The molecule has 0 saturated carbocycles. The van der Waals surface area contributed by atoms with Crippen LogP contribution in [0.2, 0.25) is 0 Å². The van der Waals surface area contributed by atoms with Crippen molar-refractivity contribution >= 4 is 60.2 Å². The SMILES string of the molecule is C[C@H]1[C@H](NC(=O)C(=NOC(C)(C)C(=O)NNS(C)(=O)=O)c2csc(N)n2)C(=O)N1S(=O)(=O)O. The molecule has 2 atom stereocenters. The summed E-state index contributed by atoms with van der Waals surface area (Å²) in [6, 6.07) is -2.40. The third-order valence-electron chi connectivity index (χ3n) is 4.11. The fourth-order valence-corrected chi connectivity index (χ4v) is 4.11. The van der Waals surface area contributed by atoms with Crippen LogP contribution in [-0.4, -0.2) is 78.1 Å². The number of nitrogens with one attached hydrogen (secondary N) is 3. The molecule has 2 heterocycles. The van der Waals surface area contributed by atoms with Crippen LogP contribution in [0.1, 0.15) is 26.5 Å². The maximum Gasteiger partial charge on any atom is 0.362 e. The van der Waals surface area contributed by atoms with E-state index >= 15 is 0 Å². The second-order valence-electron chi connectivity index (χ2n) is 7.24. The van der Waals surface area contributed by atoms with Crippen LogP contribution >= 0.6 is 11.3 Å². The van der Waals surface area contributed by atoms with Crippen molar-refractivity contribution in [2.75, 3.05) is 12.0 Å². The number of aromatic nitrogens is 1. The van der Waals surface area contributed by atoms with E-state index in [4.69, 9.17) is 15.1 Å². The summed E-state index contributed by atoms with van der Waals surface area (Å²) >= 11 is 0.951. The smallest absolute Gasteiger partial charge is 0.362 e. The number of rotatable bonds is 9. The lowest BCUT2D eigenvalue weighted by Crippen LogP contribution is -2.71. The lowest BCUT2D eigenvalue weighted by atomic mass is 10.0. The summed E-state index contributed by atoms with van der Waals surface area (Å²) in [5, 5.41) is 7.29. The second-order valence-corrected chi connectivity index (χ2v) is 11.2. The van der Waals surface area contributed by atoms with E-state index in [-0.39, 0.29) is 15.1 Å². The second kappa shape index (κ2) is 9.17. The summed E-state index contributed by atoms with van der Waals surface area (Å²) in [6.45, 7) is 3.72. The van der Waals surface area contributed by atoms with E-state index < -0.39 is 61.4 Å². The highest BCUT2D eigenvalue weighted by Crippen LogP contribution is 2.23. The van der Waals surface area contributed by atoms with Crippen LogP contribution < -0.4 is 21.3 Å². The molecule has 0 bridgehead atoms. The molecule has 0 aromatic carbocycles. The quantitative estimate of drug-likeness (QED) is 0.0959. The molecule has 33 heavy (non-hydrogen) atoms. The Morgan fingerprint density at radius 1 is 1.33 bits per heavy atom. The van der Waals surface area contributed by atoms with Crippen molar-refractivity contribution in [1.82, 2.24) is 24.9 Å². The minimum Gasteiger partial charge on any atom is -0.379 e. The molecule has 1 aromatic heterocycles.